The topological polar surface area (TPSA) is 30.5 Å². The number of nitrogens with zero attached hydrogens (tertiary/aromatic N) is 2. The summed E-state index contributed by atoms with van der Waals surface area (Å²) in [6.45, 7) is 0. The molecule has 0 atom stereocenters. The number of hydrazine groups is 2. The van der Waals surface area contributed by atoms with Crippen LogP contribution >= 0.6 is 0 Å². The van der Waals surface area contributed by atoms with Gasteiger partial charge in [-0.3, -0.25) is 0 Å². The first kappa shape index (κ1) is 10.1. The van der Waals surface area contributed by atoms with E-state index in [-0.39, 0.29) is 0 Å². The third-order valence-electron chi connectivity index (χ3n) is 0.904. The summed E-state index contributed by atoms with van der Waals surface area (Å²) in [5, 5.41) is 3.91. The van der Waals surface area contributed by atoms with Crippen LogP contribution in [0.4, 0.5) is 0 Å². The first-order valence-electron chi connectivity index (χ1n) is 3.39. The molecule has 0 heterocycles. The van der Waals surface area contributed by atoms with Gasteiger partial charge >= 0.3 is 0 Å². The average molecular weight is 162 g/mol. The van der Waals surface area contributed by atoms with E-state index in [4.69, 9.17) is 0 Å². The first-order valence-corrected chi connectivity index (χ1v) is 4.55. The van der Waals surface area contributed by atoms with Gasteiger partial charge in [-0.15, -0.1) is 0 Å². The van der Waals surface area contributed by atoms with E-state index in [1.165, 1.54) is 0 Å². The molecule has 0 radical (unpaired) electrons. The maximum Gasteiger partial charge on any atom is 0.0630 e. The molecule has 0 aromatic heterocycles. The standard InChI is InChI=1S/C5H18N4Si/c1-8(2)6-5(10)7-9(3)4/h5-7H,1-4,10H3. The van der Waals surface area contributed by atoms with Crippen LogP contribution in [0.25, 0.3) is 0 Å². The predicted molar refractivity (Wildman–Crippen MR) is 47.4 cm³/mol. The minimum Gasteiger partial charge on any atom is -0.249 e. The molecule has 0 aromatic carbocycles. The minimum atomic E-state index is 0.407. The molecule has 0 aliphatic carbocycles. The van der Waals surface area contributed by atoms with Gasteiger partial charge < -0.3 is 0 Å². The SMILES string of the molecule is CN(C)NC([SiH3])NN(C)C. The van der Waals surface area contributed by atoms with Gasteiger partial charge in [-0.25, -0.2) is 20.9 Å². The summed E-state index contributed by atoms with van der Waals surface area (Å²) >= 11 is 0. The highest BCUT2D eigenvalue weighted by Gasteiger charge is 1.99. The van der Waals surface area contributed by atoms with E-state index in [1.54, 1.807) is 0 Å². The number of hydrogen-bond acceptors (Lipinski definition) is 4. The maximum absolute atomic E-state index is 3.22. The summed E-state index contributed by atoms with van der Waals surface area (Å²) < 4.78 is 0. The third kappa shape index (κ3) is 6.18. The zero-order chi connectivity index (χ0) is 8.15. The van der Waals surface area contributed by atoms with Crippen LogP contribution in [0, 0.1) is 0 Å². The Labute approximate surface area is 65.9 Å². The Morgan fingerprint density at radius 2 is 1.30 bits per heavy atom. The lowest BCUT2D eigenvalue weighted by Crippen LogP contribution is -2.53. The Bertz CT molecular complexity index is 75.7. The Morgan fingerprint density at radius 1 is 1.00 bits per heavy atom. The minimum absolute atomic E-state index is 0.407. The lowest BCUT2D eigenvalue weighted by molar-refractivity contribution is 0.186. The Kier molecular flexibility index (Phi) is 4.84. The van der Waals surface area contributed by atoms with Gasteiger partial charge in [0.15, 0.2) is 0 Å². The highest BCUT2D eigenvalue weighted by Crippen LogP contribution is 1.71. The molecule has 0 aliphatic heterocycles. The van der Waals surface area contributed by atoms with Crippen molar-refractivity contribution < 1.29 is 0 Å². The van der Waals surface area contributed by atoms with Gasteiger partial charge in [0.2, 0.25) is 0 Å². The van der Waals surface area contributed by atoms with Crippen molar-refractivity contribution in [3.8, 4) is 0 Å². The van der Waals surface area contributed by atoms with Crippen LogP contribution in [0.2, 0.25) is 0 Å². The highest BCUT2D eigenvalue weighted by molar-refractivity contribution is 6.11. The fourth-order valence-corrected chi connectivity index (χ4v) is 1.84. The fraction of sp³-hybridized carbons (Fsp3) is 1.00. The molecule has 4 nitrogen and oxygen atoms in total. The van der Waals surface area contributed by atoms with E-state index in [2.05, 4.69) is 10.9 Å². The van der Waals surface area contributed by atoms with Crippen LogP contribution in [0.3, 0.4) is 0 Å². The molecule has 5 heteroatoms. The second-order valence-corrected chi connectivity index (χ2v) is 3.92. The molecular formula is C5H18N4Si. The van der Waals surface area contributed by atoms with Crippen molar-refractivity contribution in [1.82, 2.24) is 20.9 Å². The van der Waals surface area contributed by atoms with Crippen LogP contribution in [-0.4, -0.2) is 54.2 Å². The van der Waals surface area contributed by atoms with Crippen LogP contribution in [0.1, 0.15) is 0 Å². The van der Waals surface area contributed by atoms with Gasteiger partial charge in [-0.1, -0.05) is 0 Å². The smallest absolute Gasteiger partial charge is 0.0630 e. The Hall–Kier alpha value is 0.0569. The van der Waals surface area contributed by atoms with E-state index in [0.717, 1.165) is 10.2 Å². The molecule has 0 bridgehead atoms. The van der Waals surface area contributed by atoms with E-state index >= 15 is 0 Å². The molecule has 0 unspecified atom stereocenters. The molecule has 10 heavy (non-hydrogen) atoms. The summed E-state index contributed by atoms with van der Waals surface area (Å²) in [4.78, 5) is 0. The summed E-state index contributed by atoms with van der Waals surface area (Å²) in [5.41, 5.74) is 6.43. The van der Waals surface area contributed by atoms with Crippen LogP contribution < -0.4 is 10.9 Å². The molecule has 0 saturated heterocycles. The number of nitrogens with one attached hydrogen (secondary N) is 2. The second-order valence-electron chi connectivity index (χ2n) is 2.77. The predicted octanol–water partition coefficient (Wildman–Crippen LogP) is -2.23. The quantitative estimate of drug-likeness (QED) is 0.278. The van der Waals surface area contributed by atoms with Crippen LogP contribution in [-0.2, 0) is 0 Å². The molecule has 0 saturated carbocycles. The van der Waals surface area contributed by atoms with Crippen LogP contribution in [0.5, 0.6) is 0 Å². The van der Waals surface area contributed by atoms with Crippen molar-refractivity contribution in [2.45, 2.75) is 5.79 Å². The monoisotopic (exact) mass is 162 g/mol. The van der Waals surface area contributed by atoms with E-state index in [9.17, 15) is 0 Å². The van der Waals surface area contributed by atoms with Crippen molar-refractivity contribution in [2.75, 3.05) is 28.2 Å². The van der Waals surface area contributed by atoms with E-state index in [1.807, 2.05) is 38.2 Å². The van der Waals surface area contributed by atoms with Gasteiger partial charge in [0.05, 0.1) is 5.79 Å². The summed E-state index contributed by atoms with van der Waals surface area (Å²) in [6.07, 6.45) is 0. The van der Waals surface area contributed by atoms with Gasteiger partial charge in [0.25, 0.3) is 0 Å². The van der Waals surface area contributed by atoms with Crippen molar-refractivity contribution in [2.24, 2.45) is 0 Å². The zero-order valence-electron chi connectivity index (χ0n) is 7.47. The molecule has 0 aliphatic rings. The first-order chi connectivity index (χ1) is 4.52. The van der Waals surface area contributed by atoms with E-state index < -0.39 is 0 Å². The van der Waals surface area contributed by atoms with Crippen molar-refractivity contribution in [1.29, 1.82) is 0 Å². The van der Waals surface area contributed by atoms with Gasteiger partial charge in [-0.2, -0.15) is 0 Å². The number of hydrogen-bond donors (Lipinski definition) is 2. The number of rotatable bonds is 4. The summed E-state index contributed by atoms with van der Waals surface area (Å²) in [5.74, 6) is 0.407. The molecule has 62 valence electrons. The molecule has 0 amide bonds. The Morgan fingerprint density at radius 3 is 1.50 bits per heavy atom. The van der Waals surface area contributed by atoms with Gasteiger partial charge in [-0.05, 0) is 0 Å². The maximum atomic E-state index is 3.22. The zero-order valence-corrected chi connectivity index (χ0v) is 9.47. The van der Waals surface area contributed by atoms with Gasteiger partial charge in [0.1, 0.15) is 0 Å². The highest BCUT2D eigenvalue weighted by atomic mass is 28.1. The summed E-state index contributed by atoms with van der Waals surface area (Å²) in [6, 6.07) is 0. The average Bonchev–Trinajstić information content (AvgIpc) is 1.58. The fourth-order valence-electron chi connectivity index (χ4n) is 0.803. The second kappa shape index (κ2) is 4.81. The third-order valence-corrected chi connectivity index (χ3v) is 1.42. The van der Waals surface area contributed by atoms with Crippen molar-refractivity contribution in [3.05, 3.63) is 0 Å². The van der Waals surface area contributed by atoms with Gasteiger partial charge in [0, 0.05) is 38.4 Å². The largest absolute Gasteiger partial charge is 0.249 e. The molecule has 0 rings (SSSR count). The summed E-state index contributed by atoms with van der Waals surface area (Å²) in [7, 11) is 9.03. The molecule has 0 fully saturated rings. The lowest BCUT2D eigenvalue weighted by Gasteiger charge is -2.23. The van der Waals surface area contributed by atoms with E-state index in [0.29, 0.717) is 5.79 Å². The van der Waals surface area contributed by atoms with Crippen molar-refractivity contribution >= 4 is 10.2 Å². The van der Waals surface area contributed by atoms with Crippen LogP contribution in [0.15, 0.2) is 0 Å². The molecule has 2 N–H and O–H groups in total. The molecular weight excluding hydrogens is 144 g/mol. The Balaban J connectivity index is 3.34. The molecule has 0 aromatic rings. The molecule has 0 spiro atoms. The van der Waals surface area contributed by atoms with Crippen molar-refractivity contribution in [3.63, 3.8) is 0 Å². The normalized spacial score (nSPS) is 12.3. The lowest BCUT2D eigenvalue weighted by atomic mass is 11.0.